The molecule has 0 aliphatic heterocycles. The predicted molar refractivity (Wildman–Crippen MR) is 121 cm³/mol. The molecule has 1 unspecified atom stereocenters. The molecule has 0 bridgehead atoms. The van der Waals surface area contributed by atoms with Crippen molar-refractivity contribution in [2.75, 3.05) is 0 Å². The smallest absolute Gasteiger partial charge is 0.297 e. The molecule has 6 nitrogen and oxygen atoms in total. The van der Waals surface area contributed by atoms with Crippen LogP contribution in [0.1, 0.15) is 78.1 Å². The molecule has 5 aliphatic carbocycles. The Morgan fingerprint density at radius 2 is 1.97 bits per heavy atom. The Morgan fingerprint density at radius 3 is 2.67 bits per heavy atom. The van der Waals surface area contributed by atoms with Gasteiger partial charge in [-0.15, -0.1) is 0 Å². The maximum atomic E-state index is 16.7. The number of hydrogen-bond acceptors (Lipinski definition) is 4. The molecule has 1 aromatic heterocycles. The summed E-state index contributed by atoms with van der Waals surface area (Å²) in [5.41, 5.74) is -0.698. The molecule has 1 heterocycles. The van der Waals surface area contributed by atoms with Crippen molar-refractivity contribution in [3.05, 3.63) is 22.5 Å². The second-order valence-electron chi connectivity index (χ2n) is 12.5. The number of Topliss-reactive ketones (excluding diaryl/α,β-unsaturated/α-hetero) is 1. The molecular formula is C26H36FN3O3. The third-order valence-corrected chi connectivity index (χ3v) is 11.4. The lowest BCUT2D eigenvalue weighted by Crippen LogP contribution is -2.57. The zero-order chi connectivity index (χ0) is 23.2. The largest absolute Gasteiger partial charge is 0.307 e. The average Bonchev–Trinajstić information content (AvgIpc) is 3.09. The fourth-order valence-electron chi connectivity index (χ4n) is 9.43. The summed E-state index contributed by atoms with van der Waals surface area (Å²) >= 11 is 0. The van der Waals surface area contributed by atoms with E-state index in [0.717, 1.165) is 63.7 Å². The first-order valence-corrected chi connectivity index (χ1v) is 13.0. The van der Waals surface area contributed by atoms with E-state index in [4.69, 9.17) is 0 Å². The van der Waals surface area contributed by atoms with Crippen molar-refractivity contribution >= 4 is 11.5 Å². The lowest BCUT2D eigenvalue weighted by atomic mass is 9.47. The first kappa shape index (κ1) is 21.7. The molecule has 6 rings (SSSR count). The fraction of sp³-hybridized carbons (Fsp3) is 0.846. The molecule has 1 aromatic rings. The lowest BCUT2D eigenvalue weighted by Gasteiger charge is -2.59. The molecule has 33 heavy (non-hydrogen) atoms. The molecule has 5 fully saturated rings. The highest BCUT2D eigenvalue weighted by atomic mass is 19.1. The summed E-state index contributed by atoms with van der Waals surface area (Å²) in [6.45, 7) is 4.71. The van der Waals surface area contributed by atoms with Crippen LogP contribution in [0.3, 0.4) is 0 Å². The van der Waals surface area contributed by atoms with Gasteiger partial charge in [0.05, 0.1) is 4.92 Å². The van der Waals surface area contributed by atoms with Crippen molar-refractivity contribution in [3.63, 3.8) is 0 Å². The Kier molecular flexibility index (Phi) is 4.68. The molecule has 0 amide bonds. The maximum Gasteiger partial charge on any atom is 0.307 e. The van der Waals surface area contributed by atoms with Crippen LogP contribution in [0.2, 0.25) is 0 Å². The number of rotatable bonds is 4. The van der Waals surface area contributed by atoms with Gasteiger partial charge in [0, 0.05) is 5.92 Å². The van der Waals surface area contributed by atoms with Gasteiger partial charge in [0.2, 0.25) is 0 Å². The number of ketones is 1. The van der Waals surface area contributed by atoms with Crippen LogP contribution in [-0.4, -0.2) is 26.2 Å². The van der Waals surface area contributed by atoms with E-state index in [2.05, 4.69) is 18.9 Å². The van der Waals surface area contributed by atoms with Gasteiger partial charge in [-0.2, -0.15) is 5.10 Å². The minimum absolute atomic E-state index is 0.0538. The lowest BCUT2D eigenvalue weighted by molar-refractivity contribution is -0.385. The standard InChI is InChI=1S/C26H36FN3O3/c1-16-11-25(16)9-10-26(27)17(12-25)3-4-19-20-5-6-22(24(20,2)8-7-21(19)26)23(31)15-29-14-18(13-28-29)30(32)33/h13-14,16-17,19-22H,3-12,15H2,1-2H3/t16?,17-,19+,20+,21+,22-,24+,25-,26-/m1/s1. The quantitative estimate of drug-likeness (QED) is 0.426. The molecule has 5 saturated carbocycles. The SMILES string of the molecule is CC1C[C@@]12CC[C@@]1(F)[C@H](CC[C@H]3[C@@H]4CC[C@H](C(=O)Cn5cc([N+](=O)[O-])cn5)[C@@]4(C)CC[C@@H]31)C2. The zero-order valence-electron chi connectivity index (χ0n) is 19.8. The van der Waals surface area contributed by atoms with Crippen LogP contribution in [0, 0.1) is 56.5 Å². The number of alkyl halides is 1. The van der Waals surface area contributed by atoms with Crippen LogP contribution < -0.4 is 0 Å². The van der Waals surface area contributed by atoms with Crippen LogP contribution in [0.4, 0.5) is 10.1 Å². The van der Waals surface area contributed by atoms with Crippen molar-refractivity contribution in [1.82, 2.24) is 9.78 Å². The average molecular weight is 458 g/mol. The van der Waals surface area contributed by atoms with Gasteiger partial charge in [0.25, 0.3) is 0 Å². The van der Waals surface area contributed by atoms with Gasteiger partial charge < -0.3 is 0 Å². The normalized spacial score (nSPS) is 48.1. The fourth-order valence-corrected chi connectivity index (χ4v) is 9.43. The molecule has 7 heteroatoms. The molecule has 0 radical (unpaired) electrons. The number of fused-ring (bicyclic) bond motifs is 5. The van der Waals surface area contributed by atoms with Crippen LogP contribution in [-0.2, 0) is 11.3 Å². The molecular weight excluding hydrogens is 421 g/mol. The third kappa shape index (κ3) is 3.09. The van der Waals surface area contributed by atoms with Gasteiger partial charge in [-0.3, -0.25) is 19.6 Å². The Labute approximate surface area is 194 Å². The summed E-state index contributed by atoms with van der Waals surface area (Å²) in [5.74, 6) is 2.09. The van der Waals surface area contributed by atoms with Crippen molar-refractivity contribution < 1.29 is 14.1 Å². The maximum absolute atomic E-state index is 16.7. The van der Waals surface area contributed by atoms with Gasteiger partial charge in [-0.1, -0.05) is 13.8 Å². The van der Waals surface area contributed by atoms with E-state index in [1.807, 2.05) is 0 Å². The van der Waals surface area contributed by atoms with Gasteiger partial charge >= 0.3 is 5.69 Å². The number of aromatic nitrogens is 2. The predicted octanol–water partition coefficient (Wildman–Crippen LogP) is 5.75. The number of halogens is 1. The van der Waals surface area contributed by atoms with Crippen LogP contribution in [0.5, 0.6) is 0 Å². The second-order valence-corrected chi connectivity index (χ2v) is 12.5. The second kappa shape index (κ2) is 7.11. The molecule has 5 aliphatic rings. The molecule has 1 spiro atoms. The minimum Gasteiger partial charge on any atom is -0.297 e. The number of nitrogens with zero attached hydrogens (tertiary/aromatic N) is 3. The topological polar surface area (TPSA) is 78.0 Å². The van der Waals surface area contributed by atoms with Crippen LogP contribution >= 0.6 is 0 Å². The summed E-state index contributed by atoms with van der Waals surface area (Å²) < 4.78 is 18.1. The minimum atomic E-state index is -0.992. The Morgan fingerprint density at radius 1 is 1.18 bits per heavy atom. The Hall–Kier alpha value is -1.79. The van der Waals surface area contributed by atoms with Crippen molar-refractivity contribution in [2.24, 2.45) is 46.3 Å². The van der Waals surface area contributed by atoms with E-state index in [1.54, 1.807) is 0 Å². The molecule has 0 aromatic carbocycles. The Balaban J connectivity index is 1.18. The van der Waals surface area contributed by atoms with Gasteiger partial charge in [0.1, 0.15) is 24.6 Å². The van der Waals surface area contributed by atoms with E-state index >= 15 is 4.39 Å². The van der Waals surface area contributed by atoms with E-state index in [-0.39, 0.29) is 41.2 Å². The molecule has 180 valence electrons. The van der Waals surface area contributed by atoms with Crippen LogP contribution in [0.25, 0.3) is 0 Å². The summed E-state index contributed by atoms with van der Waals surface area (Å²) in [7, 11) is 0. The summed E-state index contributed by atoms with van der Waals surface area (Å²) in [6, 6.07) is 0. The number of carbonyl (C=O) groups is 1. The highest BCUT2D eigenvalue weighted by molar-refractivity contribution is 5.82. The van der Waals surface area contributed by atoms with E-state index in [9.17, 15) is 14.9 Å². The number of nitro groups is 1. The van der Waals surface area contributed by atoms with Gasteiger partial charge in [-0.05, 0) is 105 Å². The molecule has 0 N–H and O–H groups in total. The summed E-state index contributed by atoms with van der Waals surface area (Å²) in [4.78, 5) is 23.8. The zero-order valence-corrected chi connectivity index (χ0v) is 19.8. The van der Waals surface area contributed by atoms with Crippen molar-refractivity contribution in [3.8, 4) is 0 Å². The first-order valence-electron chi connectivity index (χ1n) is 13.0. The summed E-state index contributed by atoms with van der Waals surface area (Å²) in [5, 5.41) is 15.0. The van der Waals surface area contributed by atoms with E-state index in [0.29, 0.717) is 17.3 Å². The summed E-state index contributed by atoms with van der Waals surface area (Å²) in [6.07, 6.45) is 12.6. The van der Waals surface area contributed by atoms with E-state index in [1.165, 1.54) is 23.5 Å². The number of carbonyl (C=O) groups excluding carboxylic acids is 1. The highest BCUT2D eigenvalue weighted by Gasteiger charge is 2.66. The van der Waals surface area contributed by atoms with Crippen LogP contribution in [0.15, 0.2) is 12.4 Å². The van der Waals surface area contributed by atoms with E-state index < -0.39 is 10.6 Å². The Bertz CT molecular complexity index is 995. The van der Waals surface area contributed by atoms with Crippen molar-refractivity contribution in [2.45, 2.75) is 90.3 Å². The molecule has 9 atom stereocenters. The highest BCUT2D eigenvalue weighted by Crippen LogP contribution is 2.71. The third-order valence-electron chi connectivity index (χ3n) is 11.4. The van der Waals surface area contributed by atoms with Crippen molar-refractivity contribution in [1.29, 1.82) is 0 Å². The monoisotopic (exact) mass is 457 g/mol. The van der Waals surface area contributed by atoms with Gasteiger partial charge in [-0.25, -0.2) is 4.39 Å². The molecule has 0 saturated heterocycles. The number of hydrogen-bond donors (Lipinski definition) is 0. The van der Waals surface area contributed by atoms with Gasteiger partial charge in [0.15, 0.2) is 5.78 Å². The first-order chi connectivity index (χ1) is 15.7.